The van der Waals surface area contributed by atoms with E-state index < -0.39 is 17.8 Å². The molecule has 1 rings (SSSR count). The van der Waals surface area contributed by atoms with E-state index in [1.54, 1.807) is 0 Å². The SMILES string of the molecule is CCCCOC(=O)Oc1cc(F)cc(F)c1. The number of halogens is 2. The molecule has 3 nitrogen and oxygen atoms in total. The van der Waals surface area contributed by atoms with E-state index >= 15 is 0 Å². The molecule has 0 bridgehead atoms. The summed E-state index contributed by atoms with van der Waals surface area (Å²) in [5.41, 5.74) is 0. The second-order valence-corrected chi connectivity index (χ2v) is 3.16. The molecule has 0 saturated heterocycles. The van der Waals surface area contributed by atoms with Crippen LogP contribution in [0.4, 0.5) is 13.6 Å². The molecule has 16 heavy (non-hydrogen) atoms. The molecular formula is C11H12F2O3. The average molecular weight is 230 g/mol. The standard InChI is InChI=1S/C11H12F2O3/c1-2-3-4-15-11(14)16-10-6-8(12)5-9(13)7-10/h5-7H,2-4H2,1H3. The van der Waals surface area contributed by atoms with Crippen molar-refractivity contribution < 1.29 is 23.0 Å². The molecule has 5 heteroatoms. The van der Waals surface area contributed by atoms with Crippen molar-refractivity contribution >= 4 is 6.16 Å². The van der Waals surface area contributed by atoms with Crippen molar-refractivity contribution in [2.24, 2.45) is 0 Å². The quantitative estimate of drug-likeness (QED) is 0.452. The van der Waals surface area contributed by atoms with Crippen LogP contribution in [0, 0.1) is 11.6 Å². The number of ether oxygens (including phenoxy) is 2. The molecule has 0 aromatic heterocycles. The van der Waals surface area contributed by atoms with Crippen molar-refractivity contribution in [3.8, 4) is 5.75 Å². The van der Waals surface area contributed by atoms with Gasteiger partial charge >= 0.3 is 6.16 Å². The van der Waals surface area contributed by atoms with Gasteiger partial charge in [0, 0.05) is 18.2 Å². The molecule has 0 N–H and O–H groups in total. The van der Waals surface area contributed by atoms with E-state index in [9.17, 15) is 13.6 Å². The lowest BCUT2D eigenvalue weighted by molar-refractivity contribution is 0.0976. The highest BCUT2D eigenvalue weighted by molar-refractivity contribution is 5.63. The number of rotatable bonds is 4. The number of carbonyl (C=O) groups is 1. The Labute approximate surface area is 92.0 Å². The number of unbranched alkanes of at least 4 members (excludes halogenated alkanes) is 1. The molecule has 1 aromatic carbocycles. The zero-order valence-corrected chi connectivity index (χ0v) is 8.83. The number of benzene rings is 1. The van der Waals surface area contributed by atoms with Gasteiger partial charge in [-0.2, -0.15) is 0 Å². The minimum absolute atomic E-state index is 0.209. The summed E-state index contributed by atoms with van der Waals surface area (Å²) in [5.74, 6) is -1.83. The highest BCUT2D eigenvalue weighted by Crippen LogP contribution is 2.15. The minimum atomic E-state index is -0.960. The molecule has 0 aliphatic carbocycles. The first kappa shape index (κ1) is 12.4. The van der Waals surface area contributed by atoms with Crippen LogP contribution in [-0.2, 0) is 4.74 Å². The van der Waals surface area contributed by atoms with Crippen LogP contribution in [0.15, 0.2) is 18.2 Å². The Morgan fingerprint density at radius 1 is 1.25 bits per heavy atom. The molecule has 0 unspecified atom stereocenters. The fourth-order valence-electron chi connectivity index (χ4n) is 1.01. The smallest absolute Gasteiger partial charge is 0.434 e. The molecule has 0 spiro atoms. The van der Waals surface area contributed by atoms with Crippen LogP contribution in [0.2, 0.25) is 0 Å². The predicted molar refractivity (Wildman–Crippen MR) is 53.2 cm³/mol. The third-order valence-corrected chi connectivity index (χ3v) is 1.76. The van der Waals surface area contributed by atoms with Crippen LogP contribution in [0.1, 0.15) is 19.8 Å². The number of hydrogen-bond donors (Lipinski definition) is 0. The Bertz CT molecular complexity index is 346. The van der Waals surface area contributed by atoms with Crippen molar-refractivity contribution in [3.63, 3.8) is 0 Å². The first-order valence-electron chi connectivity index (χ1n) is 4.92. The largest absolute Gasteiger partial charge is 0.513 e. The second-order valence-electron chi connectivity index (χ2n) is 3.16. The molecule has 88 valence electrons. The van der Waals surface area contributed by atoms with Gasteiger partial charge in [-0.05, 0) is 6.42 Å². The van der Waals surface area contributed by atoms with Crippen LogP contribution in [0.3, 0.4) is 0 Å². The summed E-state index contributed by atoms with van der Waals surface area (Å²) in [6, 6.07) is 2.50. The van der Waals surface area contributed by atoms with Gasteiger partial charge < -0.3 is 9.47 Å². The third kappa shape index (κ3) is 4.25. The zero-order valence-electron chi connectivity index (χ0n) is 8.83. The van der Waals surface area contributed by atoms with E-state index in [4.69, 9.17) is 0 Å². The van der Waals surface area contributed by atoms with Crippen molar-refractivity contribution in [1.29, 1.82) is 0 Å². The van der Waals surface area contributed by atoms with Gasteiger partial charge in [-0.3, -0.25) is 0 Å². The molecule has 0 amide bonds. The van der Waals surface area contributed by atoms with Crippen LogP contribution >= 0.6 is 0 Å². The van der Waals surface area contributed by atoms with Gasteiger partial charge in [-0.15, -0.1) is 0 Å². The summed E-state index contributed by atoms with van der Waals surface area (Å²) < 4.78 is 34.7. The fraction of sp³-hybridized carbons (Fsp3) is 0.364. The van der Waals surface area contributed by atoms with E-state index in [0.717, 1.165) is 18.6 Å². The summed E-state index contributed by atoms with van der Waals surface area (Å²) in [6.45, 7) is 2.17. The van der Waals surface area contributed by atoms with Crippen molar-refractivity contribution in [3.05, 3.63) is 29.8 Å². The predicted octanol–water partition coefficient (Wildman–Crippen LogP) is 3.28. The maximum Gasteiger partial charge on any atom is 0.513 e. The molecule has 0 heterocycles. The maximum absolute atomic E-state index is 12.7. The molecule has 0 saturated carbocycles. The highest BCUT2D eigenvalue weighted by atomic mass is 19.1. The van der Waals surface area contributed by atoms with Crippen LogP contribution in [-0.4, -0.2) is 12.8 Å². The second kappa shape index (κ2) is 6.05. The van der Waals surface area contributed by atoms with Crippen LogP contribution in [0.25, 0.3) is 0 Å². The van der Waals surface area contributed by atoms with E-state index in [1.807, 2.05) is 6.92 Å². The van der Waals surface area contributed by atoms with E-state index in [1.165, 1.54) is 0 Å². The lowest BCUT2D eigenvalue weighted by Crippen LogP contribution is -2.11. The van der Waals surface area contributed by atoms with Gasteiger partial charge in [-0.25, -0.2) is 13.6 Å². The Kier molecular flexibility index (Phi) is 4.69. The lowest BCUT2D eigenvalue weighted by Gasteiger charge is -2.05. The Morgan fingerprint density at radius 3 is 2.44 bits per heavy atom. The number of hydrogen-bond acceptors (Lipinski definition) is 3. The molecular weight excluding hydrogens is 218 g/mol. The molecule has 0 radical (unpaired) electrons. The molecule has 0 fully saturated rings. The average Bonchev–Trinajstić information content (AvgIpc) is 2.16. The van der Waals surface area contributed by atoms with Gasteiger partial charge in [0.2, 0.25) is 0 Å². The summed E-state index contributed by atoms with van der Waals surface area (Å²) in [5, 5.41) is 0. The summed E-state index contributed by atoms with van der Waals surface area (Å²) in [6.07, 6.45) is 0.632. The Balaban J connectivity index is 2.49. The molecule has 0 aliphatic rings. The lowest BCUT2D eigenvalue weighted by atomic mass is 10.3. The van der Waals surface area contributed by atoms with Crippen molar-refractivity contribution in [2.45, 2.75) is 19.8 Å². The molecule has 1 aromatic rings. The molecule has 0 aliphatic heterocycles. The topological polar surface area (TPSA) is 35.5 Å². The van der Waals surface area contributed by atoms with E-state index in [2.05, 4.69) is 9.47 Å². The van der Waals surface area contributed by atoms with Crippen LogP contribution in [0.5, 0.6) is 5.75 Å². The number of carbonyl (C=O) groups excluding carboxylic acids is 1. The Morgan fingerprint density at radius 2 is 1.88 bits per heavy atom. The highest BCUT2D eigenvalue weighted by Gasteiger charge is 2.08. The minimum Gasteiger partial charge on any atom is -0.434 e. The maximum atomic E-state index is 12.7. The monoisotopic (exact) mass is 230 g/mol. The molecule has 0 atom stereocenters. The normalized spacial score (nSPS) is 9.94. The van der Waals surface area contributed by atoms with Crippen molar-refractivity contribution in [1.82, 2.24) is 0 Å². The fourth-order valence-corrected chi connectivity index (χ4v) is 1.01. The van der Waals surface area contributed by atoms with Gasteiger partial charge in [0.05, 0.1) is 6.61 Å². The van der Waals surface area contributed by atoms with Gasteiger partial charge in [0.15, 0.2) is 0 Å². The first-order chi connectivity index (χ1) is 7.61. The summed E-state index contributed by atoms with van der Waals surface area (Å²) in [7, 11) is 0. The van der Waals surface area contributed by atoms with Gasteiger partial charge in [-0.1, -0.05) is 13.3 Å². The van der Waals surface area contributed by atoms with Crippen molar-refractivity contribution in [2.75, 3.05) is 6.61 Å². The summed E-state index contributed by atoms with van der Waals surface area (Å²) in [4.78, 5) is 11.0. The zero-order chi connectivity index (χ0) is 12.0. The van der Waals surface area contributed by atoms with Gasteiger partial charge in [0.25, 0.3) is 0 Å². The van der Waals surface area contributed by atoms with E-state index in [-0.39, 0.29) is 12.4 Å². The third-order valence-electron chi connectivity index (χ3n) is 1.76. The van der Waals surface area contributed by atoms with E-state index in [0.29, 0.717) is 12.5 Å². The Hall–Kier alpha value is -1.65. The summed E-state index contributed by atoms with van der Waals surface area (Å²) >= 11 is 0. The first-order valence-corrected chi connectivity index (χ1v) is 4.92. The van der Waals surface area contributed by atoms with Gasteiger partial charge in [0.1, 0.15) is 17.4 Å². The van der Waals surface area contributed by atoms with Crippen LogP contribution < -0.4 is 4.74 Å².